The molecule has 1 amide bonds. The third-order valence-corrected chi connectivity index (χ3v) is 4.33. The molecule has 4 nitrogen and oxygen atoms in total. The summed E-state index contributed by atoms with van der Waals surface area (Å²) in [6, 6.07) is 6.01. The molecule has 1 aromatic carbocycles. The Morgan fingerprint density at radius 2 is 1.74 bits per heavy atom. The first-order chi connectivity index (χ1) is 9.16. The van der Waals surface area contributed by atoms with E-state index in [1.807, 2.05) is 11.8 Å². The van der Waals surface area contributed by atoms with Gasteiger partial charge in [-0.05, 0) is 54.5 Å². The summed E-state index contributed by atoms with van der Waals surface area (Å²) in [4.78, 5) is 22.6. The maximum Gasteiger partial charge on any atom is 0.335 e. The first-order valence-corrected chi connectivity index (χ1v) is 7.51. The second kappa shape index (κ2) is 6.61. The smallest absolute Gasteiger partial charge is 0.335 e. The Hall–Kier alpha value is -1.49. The lowest BCUT2D eigenvalue weighted by atomic mass is 10.0. The Balaban J connectivity index is 1.86. The standard InChI is InChI=1S/C14H17NO3S/c16-13(15-9-10-5-7-19-8-6-10)11-1-3-12(4-2-11)14(17)18/h1-4,10H,5-9H2,(H,15,16)(H,17,18). The molecule has 0 unspecified atom stereocenters. The zero-order valence-electron chi connectivity index (χ0n) is 10.6. The lowest BCUT2D eigenvalue weighted by molar-refractivity contribution is 0.0696. The molecule has 0 bridgehead atoms. The molecular formula is C14H17NO3S. The summed E-state index contributed by atoms with van der Waals surface area (Å²) in [7, 11) is 0. The number of hydrogen-bond acceptors (Lipinski definition) is 3. The average molecular weight is 279 g/mol. The summed E-state index contributed by atoms with van der Waals surface area (Å²) in [5.74, 6) is 1.81. The Morgan fingerprint density at radius 3 is 2.32 bits per heavy atom. The minimum Gasteiger partial charge on any atom is -0.478 e. The number of amides is 1. The van der Waals surface area contributed by atoms with E-state index >= 15 is 0 Å². The van der Waals surface area contributed by atoms with E-state index in [2.05, 4.69) is 5.32 Å². The number of nitrogens with one attached hydrogen (secondary N) is 1. The molecule has 1 fully saturated rings. The summed E-state index contributed by atoms with van der Waals surface area (Å²) in [5, 5.41) is 11.7. The van der Waals surface area contributed by atoms with Gasteiger partial charge in [-0.1, -0.05) is 0 Å². The molecule has 0 spiro atoms. The van der Waals surface area contributed by atoms with Crippen LogP contribution in [-0.2, 0) is 0 Å². The van der Waals surface area contributed by atoms with E-state index in [9.17, 15) is 9.59 Å². The fraction of sp³-hybridized carbons (Fsp3) is 0.429. The van der Waals surface area contributed by atoms with Crippen molar-refractivity contribution in [1.82, 2.24) is 5.32 Å². The molecule has 0 aromatic heterocycles. The van der Waals surface area contributed by atoms with Crippen molar-refractivity contribution in [3.05, 3.63) is 35.4 Å². The third kappa shape index (κ3) is 3.99. The van der Waals surface area contributed by atoms with Crippen LogP contribution in [0.2, 0.25) is 0 Å². The summed E-state index contributed by atoms with van der Waals surface area (Å²) in [6.07, 6.45) is 2.31. The van der Waals surface area contributed by atoms with Crippen molar-refractivity contribution in [2.24, 2.45) is 5.92 Å². The topological polar surface area (TPSA) is 66.4 Å². The van der Waals surface area contributed by atoms with E-state index in [0.717, 1.165) is 12.8 Å². The Bertz CT molecular complexity index is 452. The van der Waals surface area contributed by atoms with Gasteiger partial charge in [-0.2, -0.15) is 11.8 Å². The summed E-state index contributed by atoms with van der Waals surface area (Å²) >= 11 is 1.97. The molecule has 1 aliphatic heterocycles. The maximum atomic E-state index is 11.9. The fourth-order valence-corrected chi connectivity index (χ4v) is 3.26. The highest BCUT2D eigenvalue weighted by atomic mass is 32.2. The van der Waals surface area contributed by atoms with Crippen LogP contribution < -0.4 is 5.32 Å². The molecule has 2 N–H and O–H groups in total. The van der Waals surface area contributed by atoms with Gasteiger partial charge in [0.25, 0.3) is 5.91 Å². The van der Waals surface area contributed by atoms with Crippen molar-refractivity contribution in [1.29, 1.82) is 0 Å². The van der Waals surface area contributed by atoms with Crippen LogP contribution in [0.1, 0.15) is 33.6 Å². The van der Waals surface area contributed by atoms with Crippen LogP contribution in [0.15, 0.2) is 24.3 Å². The van der Waals surface area contributed by atoms with Gasteiger partial charge in [0, 0.05) is 12.1 Å². The van der Waals surface area contributed by atoms with Crippen LogP contribution >= 0.6 is 11.8 Å². The largest absolute Gasteiger partial charge is 0.478 e. The Labute approximate surface area is 116 Å². The normalized spacial score (nSPS) is 16.0. The van der Waals surface area contributed by atoms with Gasteiger partial charge in [-0.3, -0.25) is 4.79 Å². The van der Waals surface area contributed by atoms with Crippen molar-refractivity contribution in [3.8, 4) is 0 Å². The summed E-state index contributed by atoms with van der Waals surface area (Å²) in [6.45, 7) is 0.708. The number of aromatic carboxylic acids is 1. The molecule has 0 atom stereocenters. The van der Waals surface area contributed by atoms with Gasteiger partial charge in [0.1, 0.15) is 0 Å². The summed E-state index contributed by atoms with van der Waals surface area (Å²) < 4.78 is 0. The molecular weight excluding hydrogens is 262 g/mol. The van der Waals surface area contributed by atoms with E-state index < -0.39 is 5.97 Å². The minimum atomic E-state index is -0.980. The van der Waals surface area contributed by atoms with Crippen LogP contribution in [0, 0.1) is 5.92 Å². The first kappa shape index (κ1) is 13.9. The van der Waals surface area contributed by atoms with E-state index in [0.29, 0.717) is 18.0 Å². The molecule has 102 valence electrons. The zero-order valence-corrected chi connectivity index (χ0v) is 11.4. The van der Waals surface area contributed by atoms with Gasteiger partial charge < -0.3 is 10.4 Å². The van der Waals surface area contributed by atoms with Gasteiger partial charge >= 0.3 is 5.97 Å². The summed E-state index contributed by atoms with van der Waals surface area (Å²) in [5.41, 5.74) is 0.705. The molecule has 1 aromatic rings. The van der Waals surface area contributed by atoms with E-state index in [1.54, 1.807) is 12.1 Å². The van der Waals surface area contributed by atoms with Crippen molar-refractivity contribution in [2.75, 3.05) is 18.1 Å². The van der Waals surface area contributed by atoms with Gasteiger partial charge in [-0.15, -0.1) is 0 Å². The average Bonchev–Trinajstić information content (AvgIpc) is 2.46. The van der Waals surface area contributed by atoms with E-state index in [4.69, 9.17) is 5.11 Å². The van der Waals surface area contributed by atoms with Crippen LogP contribution in [0.5, 0.6) is 0 Å². The first-order valence-electron chi connectivity index (χ1n) is 6.36. The number of benzene rings is 1. The Morgan fingerprint density at radius 1 is 1.16 bits per heavy atom. The number of rotatable bonds is 4. The van der Waals surface area contributed by atoms with Crippen LogP contribution in [0.3, 0.4) is 0 Å². The van der Waals surface area contributed by atoms with E-state index in [1.165, 1.54) is 23.6 Å². The van der Waals surface area contributed by atoms with Crippen molar-refractivity contribution < 1.29 is 14.7 Å². The molecule has 0 aliphatic carbocycles. The highest BCUT2D eigenvalue weighted by Gasteiger charge is 2.15. The predicted octanol–water partition coefficient (Wildman–Crippen LogP) is 2.26. The number of carbonyl (C=O) groups excluding carboxylic acids is 1. The second-order valence-corrected chi connectivity index (χ2v) is 5.87. The van der Waals surface area contributed by atoms with Crippen LogP contribution in [-0.4, -0.2) is 35.0 Å². The SMILES string of the molecule is O=C(O)c1ccc(C(=O)NCC2CCSCC2)cc1. The predicted molar refractivity (Wildman–Crippen MR) is 75.8 cm³/mol. The zero-order chi connectivity index (χ0) is 13.7. The van der Waals surface area contributed by atoms with Gasteiger partial charge in [0.2, 0.25) is 0 Å². The maximum absolute atomic E-state index is 11.9. The number of carbonyl (C=O) groups is 2. The lowest BCUT2D eigenvalue weighted by Crippen LogP contribution is -2.30. The van der Waals surface area contributed by atoms with E-state index in [-0.39, 0.29) is 11.5 Å². The van der Waals surface area contributed by atoms with Gasteiger partial charge in [-0.25, -0.2) is 4.79 Å². The van der Waals surface area contributed by atoms with Gasteiger partial charge in [0.15, 0.2) is 0 Å². The molecule has 1 saturated heterocycles. The molecule has 0 saturated carbocycles. The van der Waals surface area contributed by atoms with Gasteiger partial charge in [0.05, 0.1) is 5.56 Å². The fourth-order valence-electron chi connectivity index (χ4n) is 2.05. The van der Waals surface area contributed by atoms with Crippen LogP contribution in [0.4, 0.5) is 0 Å². The molecule has 19 heavy (non-hydrogen) atoms. The number of thioether (sulfide) groups is 1. The van der Waals surface area contributed by atoms with Crippen LogP contribution in [0.25, 0.3) is 0 Å². The third-order valence-electron chi connectivity index (χ3n) is 3.29. The molecule has 0 radical (unpaired) electrons. The minimum absolute atomic E-state index is 0.129. The highest BCUT2D eigenvalue weighted by Crippen LogP contribution is 2.21. The second-order valence-electron chi connectivity index (χ2n) is 4.65. The van der Waals surface area contributed by atoms with Crippen molar-refractivity contribution >= 4 is 23.6 Å². The number of carboxylic acids is 1. The monoisotopic (exact) mass is 279 g/mol. The molecule has 1 aliphatic rings. The highest BCUT2D eigenvalue weighted by molar-refractivity contribution is 7.99. The number of hydrogen-bond donors (Lipinski definition) is 2. The number of carboxylic acid groups (broad SMARTS) is 1. The van der Waals surface area contributed by atoms with Crippen molar-refractivity contribution in [3.63, 3.8) is 0 Å². The van der Waals surface area contributed by atoms with Crippen molar-refractivity contribution in [2.45, 2.75) is 12.8 Å². The Kier molecular flexibility index (Phi) is 4.85. The molecule has 5 heteroatoms. The molecule has 2 rings (SSSR count). The lowest BCUT2D eigenvalue weighted by Gasteiger charge is -2.21. The quantitative estimate of drug-likeness (QED) is 0.887. The molecule has 1 heterocycles.